The summed E-state index contributed by atoms with van der Waals surface area (Å²) in [6.07, 6.45) is 4.85. The molecule has 0 aliphatic carbocycles. The Morgan fingerprint density at radius 1 is 1.00 bits per heavy atom. The van der Waals surface area contributed by atoms with Gasteiger partial charge >= 0.3 is 6.03 Å². The fraction of sp³-hybridized carbons (Fsp3) is 0.400. The van der Waals surface area contributed by atoms with Crippen LogP contribution < -0.4 is 15.5 Å². The second kappa shape index (κ2) is 9.85. The van der Waals surface area contributed by atoms with Crippen LogP contribution in [0.2, 0.25) is 0 Å². The molecular formula is C25H31N5O2. The van der Waals surface area contributed by atoms with Crippen LogP contribution in [0.25, 0.3) is 0 Å². The molecule has 0 spiro atoms. The SMILES string of the molecule is Cc1cccc(NC(=O)NC2N=C(N3CCCCCCC3)c3ccccc3N(C)C2=O)c1. The minimum Gasteiger partial charge on any atom is -0.356 e. The van der Waals surface area contributed by atoms with Crippen LogP contribution in [0.1, 0.15) is 43.2 Å². The summed E-state index contributed by atoms with van der Waals surface area (Å²) < 4.78 is 0. The van der Waals surface area contributed by atoms with Gasteiger partial charge in [0, 0.05) is 31.4 Å². The van der Waals surface area contributed by atoms with Crippen LogP contribution in [0.15, 0.2) is 53.5 Å². The Hall–Kier alpha value is -3.35. The molecule has 2 aromatic rings. The zero-order chi connectivity index (χ0) is 22.5. The number of hydrogen-bond acceptors (Lipinski definition) is 4. The van der Waals surface area contributed by atoms with Crippen molar-refractivity contribution in [2.75, 3.05) is 30.4 Å². The average molecular weight is 434 g/mol. The van der Waals surface area contributed by atoms with Gasteiger partial charge in [-0.1, -0.05) is 43.5 Å². The van der Waals surface area contributed by atoms with Crippen LogP contribution in [-0.2, 0) is 4.79 Å². The number of likely N-dealkylation sites (tertiary alicyclic amines) is 1. The standard InChI is InChI=1S/C25H31N5O2/c1-18-11-10-12-19(17-18)26-25(32)28-22-24(31)29(2)21-14-7-6-13-20(21)23(27-22)30-15-8-4-3-5-9-16-30/h6-7,10-14,17,22H,3-5,8-9,15-16H2,1-2H3,(H2,26,28,32). The number of aliphatic imine (C=N–C) groups is 1. The molecule has 2 aromatic carbocycles. The van der Waals surface area contributed by atoms with E-state index in [1.165, 1.54) is 19.3 Å². The molecule has 32 heavy (non-hydrogen) atoms. The smallest absolute Gasteiger partial charge is 0.321 e. The lowest BCUT2D eigenvalue weighted by Crippen LogP contribution is -2.47. The van der Waals surface area contributed by atoms with Crippen LogP contribution in [-0.4, -0.2) is 49.0 Å². The van der Waals surface area contributed by atoms with Crippen molar-refractivity contribution in [1.82, 2.24) is 10.2 Å². The third-order valence-electron chi connectivity index (χ3n) is 6.02. The number of rotatable bonds is 2. The van der Waals surface area contributed by atoms with Gasteiger partial charge in [0.2, 0.25) is 6.17 Å². The first kappa shape index (κ1) is 21.9. The number of likely N-dealkylation sites (N-methyl/N-ethyl adjacent to an activating group) is 1. The number of aryl methyl sites for hydroxylation is 1. The predicted molar refractivity (Wildman–Crippen MR) is 128 cm³/mol. The second-order valence-corrected chi connectivity index (χ2v) is 8.49. The Kier molecular flexibility index (Phi) is 6.73. The van der Waals surface area contributed by atoms with Crippen molar-refractivity contribution in [2.24, 2.45) is 4.99 Å². The lowest BCUT2D eigenvalue weighted by molar-refractivity contribution is -0.119. The number of nitrogens with one attached hydrogen (secondary N) is 2. The van der Waals surface area contributed by atoms with E-state index in [0.717, 1.165) is 48.6 Å². The maximum Gasteiger partial charge on any atom is 0.321 e. The molecule has 4 rings (SSSR count). The van der Waals surface area contributed by atoms with Crippen molar-refractivity contribution in [3.63, 3.8) is 0 Å². The van der Waals surface area contributed by atoms with E-state index in [2.05, 4.69) is 15.5 Å². The number of para-hydroxylation sites is 1. The number of amidine groups is 1. The number of hydrogen-bond donors (Lipinski definition) is 2. The lowest BCUT2D eigenvalue weighted by Gasteiger charge is -2.29. The molecule has 2 heterocycles. The largest absolute Gasteiger partial charge is 0.356 e. The molecule has 168 valence electrons. The number of benzodiazepines with no additional fused rings is 1. The first-order valence-electron chi connectivity index (χ1n) is 11.4. The van der Waals surface area contributed by atoms with E-state index in [-0.39, 0.29) is 5.91 Å². The van der Waals surface area contributed by atoms with Gasteiger partial charge in [0.1, 0.15) is 5.84 Å². The third kappa shape index (κ3) is 4.93. The van der Waals surface area contributed by atoms with E-state index in [9.17, 15) is 9.59 Å². The van der Waals surface area contributed by atoms with Crippen molar-refractivity contribution in [3.8, 4) is 0 Å². The summed E-state index contributed by atoms with van der Waals surface area (Å²) >= 11 is 0. The number of fused-ring (bicyclic) bond motifs is 1. The number of urea groups is 1. The van der Waals surface area contributed by atoms with Gasteiger partial charge in [0.15, 0.2) is 0 Å². The van der Waals surface area contributed by atoms with Crippen LogP contribution in [0.3, 0.4) is 0 Å². The molecule has 3 amide bonds. The van der Waals surface area contributed by atoms with E-state index in [0.29, 0.717) is 5.69 Å². The highest BCUT2D eigenvalue weighted by Gasteiger charge is 2.32. The molecular weight excluding hydrogens is 402 g/mol. The number of benzene rings is 2. The van der Waals surface area contributed by atoms with Crippen molar-refractivity contribution in [2.45, 2.75) is 45.2 Å². The molecule has 1 fully saturated rings. The Bertz CT molecular complexity index is 1010. The van der Waals surface area contributed by atoms with E-state index in [1.807, 2.05) is 55.5 Å². The van der Waals surface area contributed by atoms with Gasteiger partial charge in [-0.15, -0.1) is 0 Å². The quantitative estimate of drug-likeness (QED) is 0.748. The Morgan fingerprint density at radius 3 is 2.47 bits per heavy atom. The van der Waals surface area contributed by atoms with Crippen LogP contribution in [0.4, 0.5) is 16.2 Å². The van der Waals surface area contributed by atoms with Gasteiger partial charge in [-0.05, 0) is 49.6 Å². The second-order valence-electron chi connectivity index (χ2n) is 8.49. The topological polar surface area (TPSA) is 77.0 Å². The Balaban J connectivity index is 1.63. The molecule has 1 saturated heterocycles. The normalized spacial score (nSPS) is 19.2. The molecule has 7 nitrogen and oxygen atoms in total. The van der Waals surface area contributed by atoms with Crippen molar-refractivity contribution in [1.29, 1.82) is 0 Å². The summed E-state index contributed by atoms with van der Waals surface area (Å²) in [5.74, 6) is 0.514. The number of carbonyl (C=O) groups is 2. The summed E-state index contributed by atoms with van der Waals surface area (Å²) in [6.45, 7) is 3.75. The van der Waals surface area contributed by atoms with Gasteiger partial charge in [-0.2, -0.15) is 0 Å². The number of amides is 3. The van der Waals surface area contributed by atoms with E-state index < -0.39 is 12.2 Å². The first-order valence-corrected chi connectivity index (χ1v) is 11.4. The van der Waals surface area contributed by atoms with Crippen molar-refractivity contribution < 1.29 is 9.59 Å². The van der Waals surface area contributed by atoms with Gasteiger partial charge < -0.3 is 20.4 Å². The van der Waals surface area contributed by atoms with Gasteiger partial charge in [0.05, 0.1) is 5.69 Å². The van der Waals surface area contributed by atoms with Crippen LogP contribution >= 0.6 is 0 Å². The van der Waals surface area contributed by atoms with E-state index in [4.69, 9.17) is 4.99 Å². The number of nitrogens with zero attached hydrogens (tertiary/aromatic N) is 3. The Labute approximate surface area is 189 Å². The number of carbonyl (C=O) groups excluding carboxylic acids is 2. The summed E-state index contributed by atoms with van der Waals surface area (Å²) in [7, 11) is 1.74. The monoisotopic (exact) mass is 433 g/mol. The molecule has 1 atom stereocenters. The summed E-state index contributed by atoms with van der Waals surface area (Å²) in [6, 6.07) is 14.9. The molecule has 1 unspecified atom stereocenters. The molecule has 2 N–H and O–H groups in total. The molecule has 0 aromatic heterocycles. The fourth-order valence-electron chi connectivity index (χ4n) is 4.32. The predicted octanol–water partition coefficient (Wildman–Crippen LogP) is 4.13. The highest BCUT2D eigenvalue weighted by molar-refractivity contribution is 6.12. The van der Waals surface area contributed by atoms with E-state index in [1.54, 1.807) is 11.9 Å². The third-order valence-corrected chi connectivity index (χ3v) is 6.02. The lowest BCUT2D eigenvalue weighted by atomic mass is 10.1. The van der Waals surface area contributed by atoms with E-state index >= 15 is 0 Å². The Morgan fingerprint density at radius 2 is 1.72 bits per heavy atom. The molecule has 0 bridgehead atoms. The van der Waals surface area contributed by atoms with Gasteiger partial charge in [-0.25, -0.2) is 9.79 Å². The van der Waals surface area contributed by atoms with Crippen molar-refractivity contribution >= 4 is 29.1 Å². The minimum absolute atomic E-state index is 0.265. The summed E-state index contributed by atoms with van der Waals surface area (Å²) in [5.41, 5.74) is 3.45. The minimum atomic E-state index is -1.00. The maximum atomic E-state index is 13.3. The molecule has 7 heteroatoms. The van der Waals surface area contributed by atoms with Crippen LogP contribution in [0, 0.1) is 6.92 Å². The molecule has 0 saturated carbocycles. The highest BCUT2D eigenvalue weighted by atomic mass is 16.2. The molecule has 0 radical (unpaired) electrons. The van der Waals surface area contributed by atoms with Crippen molar-refractivity contribution in [3.05, 3.63) is 59.7 Å². The summed E-state index contributed by atoms with van der Waals surface area (Å²) in [4.78, 5) is 34.7. The van der Waals surface area contributed by atoms with Gasteiger partial charge in [0.25, 0.3) is 5.91 Å². The average Bonchev–Trinajstić information content (AvgIpc) is 2.85. The molecule has 2 aliphatic heterocycles. The maximum absolute atomic E-state index is 13.3. The fourth-order valence-corrected chi connectivity index (χ4v) is 4.32. The summed E-state index contributed by atoms with van der Waals surface area (Å²) in [5, 5.41) is 5.60. The zero-order valence-electron chi connectivity index (χ0n) is 18.8. The highest BCUT2D eigenvalue weighted by Crippen LogP contribution is 2.27. The molecule has 2 aliphatic rings. The first-order chi connectivity index (χ1) is 15.5. The zero-order valence-corrected chi connectivity index (χ0v) is 18.8. The van der Waals surface area contributed by atoms with Gasteiger partial charge in [-0.3, -0.25) is 4.79 Å². The van der Waals surface area contributed by atoms with Crippen LogP contribution in [0.5, 0.6) is 0 Å². The number of anilines is 2.